The van der Waals surface area contributed by atoms with E-state index >= 15 is 0 Å². The molecule has 4 rings (SSSR count). The van der Waals surface area contributed by atoms with Gasteiger partial charge in [0.1, 0.15) is 0 Å². The van der Waals surface area contributed by atoms with Crippen LogP contribution in [0.1, 0.15) is 43.6 Å². The van der Waals surface area contributed by atoms with Crippen LogP contribution in [0.15, 0.2) is 30.3 Å². The van der Waals surface area contributed by atoms with Crippen LogP contribution in [0, 0.1) is 5.92 Å². The fourth-order valence-electron chi connectivity index (χ4n) is 4.28. The van der Waals surface area contributed by atoms with Gasteiger partial charge in [-0.15, -0.1) is 11.8 Å². The Balaban J connectivity index is 1.21. The van der Waals surface area contributed by atoms with E-state index in [-0.39, 0.29) is 17.7 Å². The maximum atomic E-state index is 12.7. The molecule has 0 unspecified atom stereocenters. The molecule has 1 saturated heterocycles. The van der Waals surface area contributed by atoms with Crippen molar-refractivity contribution < 1.29 is 9.59 Å². The molecule has 2 saturated carbocycles. The molecular formula is C21H28N2O2S. The summed E-state index contributed by atoms with van der Waals surface area (Å²) in [6.07, 6.45) is 6.14. The third kappa shape index (κ3) is 4.08. The molecule has 2 aliphatic carbocycles. The summed E-state index contributed by atoms with van der Waals surface area (Å²) < 4.78 is 0. The number of benzene rings is 1. The first-order chi connectivity index (χ1) is 12.7. The van der Waals surface area contributed by atoms with Crippen molar-refractivity contribution in [1.82, 2.24) is 9.80 Å². The Morgan fingerprint density at radius 2 is 1.62 bits per heavy atom. The van der Waals surface area contributed by atoms with Crippen molar-refractivity contribution in [3.05, 3.63) is 35.9 Å². The molecule has 2 amide bonds. The molecule has 1 aliphatic heterocycles. The van der Waals surface area contributed by atoms with Gasteiger partial charge in [-0.25, -0.2) is 0 Å². The van der Waals surface area contributed by atoms with Crippen LogP contribution in [0.5, 0.6) is 0 Å². The van der Waals surface area contributed by atoms with Crippen molar-refractivity contribution in [2.45, 2.75) is 43.3 Å². The van der Waals surface area contributed by atoms with Crippen molar-refractivity contribution in [3.63, 3.8) is 0 Å². The van der Waals surface area contributed by atoms with Gasteiger partial charge in [0.05, 0.1) is 5.75 Å². The molecule has 1 aromatic carbocycles. The molecule has 0 N–H and O–H groups in total. The van der Waals surface area contributed by atoms with Crippen LogP contribution in [0.3, 0.4) is 0 Å². The van der Waals surface area contributed by atoms with Gasteiger partial charge in [-0.2, -0.15) is 0 Å². The molecule has 140 valence electrons. The fraction of sp³-hybridized carbons (Fsp3) is 0.619. The predicted octanol–water partition coefficient (Wildman–Crippen LogP) is 3.14. The smallest absolute Gasteiger partial charge is 0.232 e. The SMILES string of the molecule is O=C(CSC1CCCC1)N1CCN(C(=O)[C@@H]2C[C@H]2c2ccccc2)CC1. The van der Waals surface area contributed by atoms with Crippen molar-refractivity contribution in [2.24, 2.45) is 5.92 Å². The largest absolute Gasteiger partial charge is 0.339 e. The van der Waals surface area contributed by atoms with Gasteiger partial charge in [0.15, 0.2) is 0 Å². The lowest BCUT2D eigenvalue weighted by Crippen LogP contribution is -2.51. The van der Waals surface area contributed by atoms with Crippen molar-refractivity contribution in [3.8, 4) is 0 Å². The number of piperazine rings is 1. The first-order valence-electron chi connectivity index (χ1n) is 9.95. The zero-order valence-corrected chi connectivity index (χ0v) is 16.1. The minimum Gasteiger partial charge on any atom is -0.339 e. The molecule has 0 bridgehead atoms. The van der Waals surface area contributed by atoms with Gasteiger partial charge in [0.2, 0.25) is 11.8 Å². The highest BCUT2D eigenvalue weighted by Gasteiger charge is 2.46. The van der Waals surface area contributed by atoms with Gasteiger partial charge in [-0.1, -0.05) is 43.2 Å². The second kappa shape index (κ2) is 8.03. The number of thioether (sulfide) groups is 1. The Hall–Kier alpha value is -1.49. The zero-order valence-electron chi connectivity index (χ0n) is 15.3. The Morgan fingerprint density at radius 3 is 2.31 bits per heavy atom. The zero-order chi connectivity index (χ0) is 17.9. The average Bonchev–Trinajstić information content (AvgIpc) is 3.33. The van der Waals surface area contributed by atoms with E-state index in [1.165, 1.54) is 31.2 Å². The monoisotopic (exact) mass is 372 g/mol. The molecule has 5 heteroatoms. The summed E-state index contributed by atoms with van der Waals surface area (Å²) in [4.78, 5) is 29.1. The van der Waals surface area contributed by atoms with Crippen molar-refractivity contribution in [1.29, 1.82) is 0 Å². The molecular weight excluding hydrogens is 344 g/mol. The van der Waals surface area contributed by atoms with E-state index in [0.29, 0.717) is 43.1 Å². The Bertz CT molecular complexity index is 637. The lowest BCUT2D eigenvalue weighted by molar-refractivity contribution is -0.139. The van der Waals surface area contributed by atoms with E-state index in [1.54, 1.807) is 0 Å². The minimum atomic E-state index is 0.151. The highest BCUT2D eigenvalue weighted by molar-refractivity contribution is 8.00. The molecule has 1 aromatic rings. The molecule has 4 nitrogen and oxygen atoms in total. The predicted molar refractivity (Wildman–Crippen MR) is 105 cm³/mol. The number of hydrogen-bond donors (Lipinski definition) is 0. The van der Waals surface area contributed by atoms with Gasteiger partial charge in [-0.05, 0) is 30.7 Å². The summed E-state index contributed by atoms with van der Waals surface area (Å²) in [5.41, 5.74) is 1.28. The summed E-state index contributed by atoms with van der Waals surface area (Å²) in [5, 5.41) is 0.687. The number of rotatable bonds is 5. The van der Waals surface area contributed by atoms with Crippen LogP contribution in [0.4, 0.5) is 0 Å². The molecule has 3 aliphatic rings. The van der Waals surface area contributed by atoms with E-state index in [2.05, 4.69) is 12.1 Å². The van der Waals surface area contributed by atoms with Gasteiger partial charge in [0, 0.05) is 37.3 Å². The quantitative estimate of drug-likeness (QED) is 0.797. The molecule has 3 fully saturated rings. The molecule has 1 heterocycles. The second-order valence-electron chi connectivity index (χ2n) is 7.78. The summed E-state index contributed by atoms with van der Waals surface area (Å²) in [5.74, 6) is 1.69. The normalized spacial score (nSPS) is 26.2. The van der Waals surface area contributed by atoms with Gasteiger partial charge < -0.3 is 9.80 Å². The maximum Gasteiger partial charge on any atom is 0.232 e. The molecule has 0 spiro atoms. The van der Waals surface area contributed by atoms with Crippen LogP contribution in [-0.2, 0) is 9.59 Å². The first kappa shape index (κ1) is 17.9. The Labute approximate surface area is 160 Å². The van der Waals surface area contributed by atoms with E-state index in [1.807, 2.05) is 39.8 Å². The molecule has 26 heavy (non-hydrogen) atoms. The number of hydrogen-bond acceptors (Lipinski definition) is 3. The Kier molecular flexibility index (Phi) is 5.53. The van der Waals surface area contributed by atoms with Gasteiger partial charge in [0.25, 0.3) is 0 Å². The topological polar surface area (TPSA) is 40.6 Å². The van der Waals surface area contributed by atoms with Gasteiger partial charge >= 0.3 is 0 Å². The maximum absolute atomic E-state index is 12.7. The highest BCUT2D eigenvalue weighted by Crippen LogP contribution is 2.48. The first-order valence-corrected chi connectivity index (χ1v) is 11.0. The van der Waals surface area contributed by atoms with Gasteiger partial charge in [-0.3, -0.25) is 9.59 Å². The van der Waals surface area contributed by atoms with Crippen LogP contribution in [-0.4, -0.2) is 58.8 Å². The summed E-state index contributed by atoms with van der Waals surface area (Å²) in [7, 11) is 0. The standard InChI is InChI=1S/C21H28N2O2S/c24-20(15-26-17-8-4-5-9-17)22-10-12-23(13-11-22)21(25)19-14-18(19)16-6-2-1-3-7-16/h1-3,6-7,17-19H,4-5,8-15H2/t18-,19+/m0/s1. The molecule has 2 atom stereocenters. The fourth-order valence-corrected chi connectivity index (χ4v) is 5.51. The molecule has 0 aromatic heterocycles. The van der Waals surface area contributed by atoms with Crippen LogP contribution in [0.2, 0.25) is 0 Å². The summed E-state index contributed by atoms with van der Waals surface area (Å²) in [6, 6.07) is 10.4. The van der Waals surface area contributed by atoms with E-state index in [9.17, 15) is 9.59 Å². The third-order valence-corrected chi connectivity index (χ3v) is 7.38. The second-order valence-corrected chi connectivity index (χ2v) is 9.07. The number of carbonyl (C=O) groups excluding carboxylic acids is 2. The lowest BCUT2D eigenvalue weighted by atomic mass is 10.1. The third-order valence-electron chi connectivity index (χ3n) is 6.02. The number of carbonyl (C=O) groups is 2. The van der Waals surface area contributed by atoms with Crippen LogP contribution >= 0.6 is 11.8 Å². The van der Waals surface area contributed by atoms with Crippen molar-refractivity contribution in [2.75, 3.05) is 31.9 Å². The lowest BCUT2D eigenvalue weighted by Gasteiger charge is -2.35. The average molecular weight is 373 g/mol. The van der Waals surface area contributed by atoms with E-state index in [4.69, 9.17) is 0 Å². The molecule has 0 radical (unpaired) electrons. The van der Waals surface area contributed by atoms with E-state index in [0.717, 1.165) is 6.42 Å². The summed E-state index contributed by atoms with van der Waals surface area (Å²) in [6.45, 7) is 2.77. The van der Waals surface area contributed by atoms with Crippen molar-refractivity contribution >= 4 is 23.6 Å². The highest BCUT2D eigenvalue weighted by atomic mass is 32.2. The van der Waals surface area contributed by atoms with Crippen LogP contribution < -0.4 is 0 Å². The number of amides is 2. The Morgan fingerprint density at radius 1 is 0.962 bits per heavy atom. The summed E-state index contributed by atoms with van der Waals surface area (Å²) >= 11 is 1.83. The van der Waals surface area contributed by atoms with E-state index < -0.39 is 0 Å². The minimum absolute atomic E-state index is 0.151. The van der Waals surface area contributed by atoms with Crippen LogP contribution in [0.25, 0.3) is 0 Å². The number of nitrogens with zero attached hydrogens (tertiary/aromatic N) is 2.